The van der Waals surface area contributed by atoms with E-state index in [1.165, 1.54) is 4.90 Å². The number of amides is 3. The molecule has 2 fully saturated rings. The molecule has 0 aliphatic carbocycles. The Kier molecular flexibility index (Phi) is 4.37. The molecule has 2 N–H and O–H groups in total. The summed E-state index contributed by atoms with van der Waals surface area (Å²) in [5, 5.41) is 0.554. The van der Waals surface area contributed by atoms with Gasteiger partial charge in [0.25, 0.3) is 5.91 Å². The van der Waals surface area contributed by atoms with Gasteiger partial charge in [-0.15, -0.1) is 0 Å². The minimum Gasteiger partial charge on any atom is -0.369 e. The number of rotatable bonds is 3. The molecule has 3 amide bonds. The van der Waals surface area contributed by atoms with Gasteiger partial charge in [-0.05, 0) is 50.2 Å². The van der Waals surface area contributed by atoms with Gasteiger partial charge in [0.1, 0.15) is 0 Å². The molecule has 1 atom stereocenters. The number of benzene rings is 1. The second-order valence-electron chi connectivity index (χ2n) is 5.98. The van der Waals surface area contributed by atoms with E-state index in [1.807, 2.05) is 4.90 Å². The second-order valence-corrected chi connectivity index (χ2v) is 6.41. The van der Waals surface area contributed by atoms with Crippen LogP contribution in [-0.4, -0.2) is 41.8 Å². The van der Waals surface area contributed by atoms with E-state index >= 15 is 0 Å². The molecule has 6 nitrogen and oxygen atoms in total. The van der Waals surface area contributed by atoms with Gasteiger partial charge in [0.2, 0.25) is 11.8 Å². The summed E-state index contributed by atoms with van der Waals surface area (Å²) in [6.07, 6.45) is 1.44. The van der Waals surface area contributed by atoms with E-state index < -0.39 is 6.04 Å². The number of imide groups is 1. The average Bonchev–Trinajstić information content (AvgIpc) is 2.83. The largest absolute Gasteiger partial charge is 0.369 e. The van der Waals surface area contributed by atoms with Gasteiger partial charge in [-0.2, -0.15) is 0 Å². The molecule has 0 unspecified atom stereocenters. The number of primary amides is 1. The highest BCUT2D eigenvalue weighted by Gasteiger charge is 2.43. The van der Waals surface area contributed by atoms with Crippen LogP contribution < -0.4 is 10.6 Å². The molecule has 7 heteroatoms. The fraction of sp³-hybridized carbons (Fsp3) is 0.438. The third-order valence-electron chi connectivity index (χ3n) is 4.58. The molecular formula is C16H18ClN3O3. The van der Waals surface area contributed by atoms with Gasteiger partial charge in [-0.1, -0.05) is 11.6 Å². The molecule has 23 heavy (non-hydrogen) atoms. The molecule has 2 aliphatic rings. The van der Waals surface area contributed by atoms with E-state index in [4.69, 9.17) is 17.3 Å². The third-order valence-corrected chi connectivity index (χ3v) is 4.83. The normalized spacial score (nSPS) is 23.5. The first-order chi connectivity index (χ1) is 11.0. The monoisotopic (exact) mass is 335 g/mol. The van der Waals surface area contributed by atoms with E-state index in [0.717, 1.165) is 0 Å². The lowest BCUT2D eigenvalue weighted by molar-refractivity contribution is -0.124. The Morgan fingerprint density at radius 1 is 1.13 bits per heavy atom. The van der Waals surface area contributed by atoms with Crippen LogP contribution in [-0.2, 0) is 14.4 Å². The van der Waals surface area contributed by atoms with Crippen molar-refractivity contribution < 1.29 is 14.4 Å². The number of halogens is 1. The number of carbonyl (C=O) groups is 3. The van der Waals surface area contributed by atoms with Crippen molar-refractivity contribution in [1.82, 2.24) is 4.90 Å². The first-order valence-electron chi connectivity index (χ1n) is 7.63. The highest BCUT2D eigenvalue weighted by Crippen LogP contribution is 2.29. The molecule has 3 rings (SSSR count). The standard InChI is InChI=1S/C16H18ClN3O3/c17-11-1-3-12(4-2-11)20-14(21)9-13(16(20)23)19-7-5-10(6-8-19)15(18)22/h1-4,10,13H,5-9H2,(H2,18,22)/t13-/m0/s1. The number of nitrogens with zero attached hydrogens (tertiary/aromatic N) is 2. The van der Waals surface area contributed by atoms with E-state index in [0.29, 0.717) is 36.6 Å². The molecule has 2 heterocycles. The van der Waals surface area contributed by atoms with E-state index in [-0.39, 0.29) is 30.1 Å². The van der Waals surface area contributed by atoms with Gasteiger partial charge in [0, 0.05) is 10.9 Å². The van der Waals surface area contributed by atoms with Crippen molar-refractivity contribution in [3.8, 4) is 0 Å². The highest BCUT2D eigenvalue weighted by atomic mass is 35.5. The lowest BCUT2D eigenvalue weighted by atomic mass is 9.95. The summed E-state index contributed by atoms with van der Waals surface area (Å²) in [5.74, 6) is -0.846. The lowest BCUT2D eigenvalue weighted by Crippen LogP contribution is -2.47. The smallest absolute Gasteiger partial charge is 0.251 e. The Balaban J connectivity index is 1.72. The third kappa shape index (κ3) is 3.09. The maximum Gasteiger partial charge on any atom is 0.251 e. The molecule has 0 bridgehead atoms. The molecule has 1 aromatic rings. The first-order valence-corrected chi connectivity index (χ1v) is 8.01. The van der Waals surface area contributed by atoms with Crippen LogP contribution in [0, 0.1) is 5.92 Å². The SMILES string of the molecule is NC(=O)C1CCN([C@H]2CC(=O)N(c3ccc(Cl)cc3)C2=O)CC1. The fourth-order valence-electron chi connectivity index (χ4n) is 3.26. The number of likely N-dealkylation sites (tertiary alicyclic amines) is 1. The summed E-state index contributed by atoms with van der Waals surface area (Å²) in [7, 11) is 0. The molecule has 0 saturated carbocycles. The van der Waals surface area contributed by atoms with Gasteiger partial charge < -0.3 is 5.73 Å². The Morgan fingerprint density at radius 2 is 1.74 bits per heavy atom. The first kappa shape index (κ1) is 16.0. The number of anilines is 1. The molecule has 2 saturated heterocycles. The van der Waals surface area contributed by atoms with Crippen LogP contribution in [0.5, 0.6) is 0 Å². The van der Waals surface area contributed by atoms with Crippen molar-refractivity contribution >= 4 is 35.0 Å². The molecule has 0 spiro atoms. The number of hydrogen-bond acceptors (Lipinski definition) is 4. The summed E-state index contributed by atoms with van der Waals surface area (Å²) >= 11 is 5.85. The Bertz CT molecular complexity index is 638. The number of nitrogens with two attached hydrogens (primary N) is 1. The molecule has 0 aromatic heterocycles. The maximum absolute atomic E-state index is 12.7. The minimum absolute atomic E-state index is 0.133. The van der Waals surface area contributed by atoms with E-state index in [2.05, 4.69) is 0 Å². The summed E-state index contributed by atoms with van der Waals surface area (Å²) in [6.45, 7) is 1.21. The van der Waals surface area contributed by atoms with Crippen molar-refractivity contribution in [2.24, 2.45) is 11.7 Å². The van der Waals surface area contributed by atoms with E-state index in [1.54, 1.807) is 24.3 Å². The summed E-state index contributed by atoms with van der Waals surface area (Å²) in [4.78, 5) is 39.4. The quantitative estimate of drug-likeness (QED) is 0.840. The number of carbonyl (C=O) groups excluding carboxylic acids is 3. The topological polar surface area (TPSA) is 83.7 Å². The van der Waals surface area contributed by atoms with Crippen LogP contribution in [0.3, 0.4) is 0 Å². The van der Waals surface area contributed by atoms with Crippen LogP contribution in [0.15, 0.2) is 24.3 Å². The Morgan fingerprint density at radius 3 is 2.30 bits per heavy atom. The van der Waals surface area contributed by atoms with Crippen LogP contribution in [0.2, 0.25) is 5.02 Å². The lowest BCUT2D eigenvalue weighted by Gasteiger charge is -2.33. The minimum atomic E-state index is -0.452. The van der Waals surface area contributed by atoms with Gasteiger partial charge in [0.15, 0.2) is 0 Å². The predicted octanol–water partition coefficient (Wildman–Crippen LogP) is 1.17. The van der Waals surface area contributed by atoms with E-state index in [9.17, 15) is 14.4 Å². The number of piperidine rings is 1. The zero-order valence-electron chi connectivity index (χ0n) is 12.6. The van der Waals surface area contributed by atoms with Crippen LogP contribution in [0.4, 0.5) is 5.69 Å². The van der Waals surface area contributed by atoms with Gasteiger partial charge >= 0.3 is 0 Å². The van der Waals surface area contributed by atoms with Crippen molar-refractivity contribution in [3.63, 3.8) is 0 Å². The van der Waals surface area contributed by atoms with Crippen molar-refractivity contribution in [2.75, 3.05) is 18.0 Å². The Hall–Kier alpha value is -1.92. The summed E-state index contributed by atoms with van der Waals surface area (Å²) in [6, 6.07) is 6.19. The molecule has 122 valence electrons. The van der Waals surface area contributed by atoms with Crippen LogP contribution in [0.25, 0.3) is 0 Å². The van der Waals surface area contributed by atoms with Crippen molar-refractivity contribution in [1.29, 1.82) is 0 Å². The van der Waals surface area contributed by atoms with Crippen LogP contribution in [0.1, 0.15) is 19.3 Å². The zero-order chi connectivity index (χ0) is 16.6. The number of hydrogen-bond donors (Lipinski definition) is 1. The molecule has 2 aliphatic heterocycles. The zero-order valence-corrected chi connectivity index (χ0v) is 13.3. The molecular weight excluding hydrogens is 318 g/mol. The predicted molar refractivity (Wildman–Crippen MR) is 85.8 cm³/mol. The Labute approximate surface area is 139 Å². The van der Waals surface area contributed by atoms with Gasteiger partial charge in [-0.3, -0.25) is 19.3 Å². The summed E-state index contributed by atoms with van der Waals surface area (Å²) < 4.78 is 0. The molecule has 0 radical (unpaired) electrons. The maximum atomic E-state index is 12.7. The van der Waals surface area contributed by atoms with Crippen molar-refractivity contribution in [2.45, 2.75) is 25.3 Å². The van der Waals surface area contributed by atoms with Crippen molar-refractivity contribution in [3.05, 3.63) is 29.3 Å². The molecule has 1 aromatic carbocycles. The second kappa shape index (κ2) is 6.29. The fourth-order valence-corrected chi connectivity index (χ4v) is 3.38. The van der Waals surface area contributed by atoms with Crippen LogP contribution >= 0.6 is 11.6 Å². The van der Waals surface area contributed by atoms with Gasteiger partial charge in [-0.25, -0.2) is 4.90 Å². The van der Waals surface area contributed by atoms with Gasteiger partial charge in [0.05, 0.1) is 18.2 Å². The average molecular weight is 336 g/mol. The summed E-state index contributed by atoms with van der Waals surface area (Å²) in [5.41, 5.74) is 5.87. The highest BCUT2D eigenvalue weighted by molar-refractivity contribution is 6.30.